The molecule has 0 radical (unpaired) electrons. The summed E-state index contributed by atoms with van der Waals surface area (Å²) in [5, 5.41) is 3.00. The van der Waals surface area contributed by atoms with Gasteiger partial charge in [0.2, 0.25) is 10.0 Å². The molecule has 1 N–H and O–H groups in total. The van der Waals surface area contributed by atoms with Crippen molar-refractivity contribution < 1.29 is 8.42 Å². The lowest BCUT2D eigenvalue weighted by atomic mass is 10.3. The molecule has 1 aromatic heterocycles. The van der Waals surface area contributed by atoms with Crippen LogP contribution < -0.4 is 5.32 Å². The van der Waals surface area contributed by atoms with E-state index >= 15 is 0 Å². The number of pyridine rings is 1. The Kier molecular flexibility index (Phi) is 6.24. The molecule has 102 valence electrons. The third kappa shape index (κ3) is 5.12. The van der Waals surface area contributed by atoms with Crippen LogP contribution in [0.15, 0.2) is 24.4 Å². The summed E-state index contributed by atoms with van der Waals surface area (Å²) < 4.78 is 25.3. The first kappa shape index (κ1) is 15.1. The van der Waals surface area contributed by atoms with Crippen LogP contribution in [-0.4, -0.2) is 44.1 Å². The van der Waals surface area contributed by atoms with Crippen molar-refractivity contribution in [1.29, 1.82) is 0 Å². The largest absolute Gasteiger partial charge is 0.320 e. The van der Waals surface area contributed by atoms with Gasteiger partial charge in [0.1, 0.15) is 0 Å². The number of nitrogens with one attached hydrogen (secondary N) is 1. The number of hydrogen-bond donors (Lipinski definition) is 1. The van der Waals surface area contributed by atoms with E-state index in [4.69, 9.17) is 0 Å². The Morgan fingerprint density at radius 3 is 2.72 bits per heavy atom. The first-order chi connectivity index (χ1) is 8.56. The van der Waals surface area contributed by atoms with Gasteiger partial charge in [0, 0.05) is 13.2 Å². The molecule has 0 amide bonds. The molecule has 0 aliphatic carbocycles. The average molecular weight is 271 g/mol. The van der Waals surface area contributed by atoms with Crippen LogP contribution in [0.3, 0.4) is 0 Å². The number of unbranched alkanes of at least 4 members (excludes halogenated alkanes) is 1. The van der Waals surface area contributed by atoms with Crippen molar-refractivity contribution in [3.8, 4) is 0 Å². The quantitative estimate of drug-likeness (QED) is 0.712. The van der Waals surface area contributed by atoms with Crippen molar-refractivity contribution in [3.05, 3.63) is 30.1 Å². The second kappa shape index (κ2) is 7.45. The maximum absolute atomic E-state index is 12.0. The summed E-state index contributed by atoms with van der Waals surface area (Å²) in [6, 6.07) is 5.50. The molecule has 0 fully saturated rings. The SMILES string of the molecule is CNCCCCS(=O)(=O)N(C)Cc1ccccn1. The zero-order valence-corrected chi connectivity index (χ0v) is 11.8. The van der Waals surface area contributed by atoms with Gasteiger partial charge in [-0.05, 0) is 38.6 Å². The minimum absolute atomic E-state index is 0.192. The molecule has 0 saturated heterocycles. The van der Waals surface area contributed by atoms with Crippen LogP contribution in [0.2, 0.25) is 0 Å². The first-order valence-electron chi connectivity index (χ1n) is 6.05. The average Bonchev–Trinajstić information content (AvgIpc) is 2.36. The molecule has 0 aromatic carbocycles. The topological polar surface area (TPSA) is 62.3 Å². The molecule has 0 unspecified atom stereocenters. The highest BCUT2D eigenvalue weighted by Gasteiger charge is 2.17. The maximum atomic E-state index is 12.0. The Bertz CT molecular complexity index is 434. The van der Waals surface area contributed by atoms with E-state index in [1.807, 2.05) is 25.2 Å². The van der Waals surface area contributed by atoms with Crippen molar-refractivity contribution in [2.45, 2.75) is 19.4 Å². The number of nitrogens with zero attached hydrogens (tertiary/aromatic N) is 2. The highest BCUT2D eigenvalue weighted by molar-refractivity contribution is 7.89. The van der Waals surface area contributed by atoms with E-state index in [0.717, 1.165) is 18.7 Å². The molecule has 6 heteroatoms. The van der Waals surface area contributed by atoms with Gasteiger partial charge in [-0.2, -0.15) is 4.31 Å². The van der Waals surface area contributed by atoms with Gasteiger partial charge < -0.3 is 5.32 Å². The van der Waals surface area contributed by atoms with Gasteiger partial charge >= 0.3 is 0 Å². The third-order valence-electron chi connectivity index (χ3n) is 2.66. The van der Waals surface area contributed by atoms with E-state index < -0.39 is 10.0 Å². The lowest BCUT2D eigenvalue weighted by Crippen LogP contribution is -2.29. The van der Waals surface area contributed by atoms with Crippen LogP contribution in [0, 0.1) is 0 Å². The Labute approximate surface area is 109 Å². The summed E-state index contributed by atoms with van der Waals surface area (Å²) in [6.07, 6.45) is 3.21. The molecule has 1 heterocycles. The summed E-state index contributed by atoms with van der Waals surface area (Å²) in [5.74, 6) is 0.192. The van der Waals surface area contributed by atoms with Gasteiger partial charge in [-0.3, -0.25) is 4.98 Å². The van der Waals surface area contributed by atoms with Crippen LogP contribution in [0.5, 0.6) is 0 Å². The van der Waals surface area contributed by atoms with E-state index in [1.165, 1.54) is 4.31 Å². The lowest BCUT2D eigenvalue weighted by molar-refractivity contribution is 0.460. The normalized spacial score (nSPS) is 11.9. The van der Waals surface area contributed by atoms with Gasteiger partial charge in [-0.25, -0.2) is 8.42 Å². The minimum atomic E-state index is -3.17. The van der Waals surface area contributed by atoms with Gasteiger partial charge in [0.25, 0.3) is 0 Å². The molecule has 0 spiro atoms. The maximum Gasteiger partial charge on any atom is 0.214 e. The Morgan fingerprint density at radius 2 is 2.11 bits per heavy atom. The number of hydrogen-bond acceptors (Lipinski definition) is 4. The van der Waals surface area contributed by atoms with E-state index in [1.54, 1.807) is 13.2 Å². The fourth-order valence-corrected chi connectivity index (χ4v) is 2.77. The van der Waals surface area contributed by atoms with Crippen LogP contribution >= 0.6 is 0 Å². The highest BCUT2D eigenvalue weighted by Crippen LogP contribution is 2.07. The zero-order chi connectivity index (χ0) is 13.4. The van der Waals surface area contributed by atoms with Crippen LogP contribution in [0.25, 0.3) is 0 Å². The van der Waals surface area contributed by atoms with Gasteiger partial charge in [-0.15, -0.1) is 0 Å². The molecule has 5 nitrogen and oxygen atoms in total. The monoisotopic (exact) mass is 271 g/mol. The summed E-state index contributed by atoms with van der Waals surface area (Å²) in [5.41, 5.74) is 0.763. The summed E-state index contributed by atoms with van der Waals surface area (Å²) in [4.78, 5) is 4.13. The van der Waals surface area contributed by atoms with Gasteiger partial charge in [-0.1, -0.05) is 6.07 Å². The molecule has 0 aliphatic heterocycles. The molecular formula is C12H21N3O2S. The smallest absolute Gasteiger partial charge is 0.214 e. The van der Waals surface area contributed by atoms with Crippen molar-refractivity contribution in [2.24, 2.45) is 0 Å². The predicted molar refractivity (Wildman–Crippen MR) is 72.7 cm³/mol. The molecule has 18 heavy (non-hydrogen) atoms. The van der Waals surface area contributed by atoms with E-state index in [9.17, 15) is 8.42 Å². The Morgan fingerprint density at radius 1 is 1.33 bits per heavy atom. The second-order valence-corrected chi connectivity index (χ2v) is 6.40. The van der Waals surface area contributed by atoms with Crippen LogP contribution in [-0.2, 0) is 16.6 Å². The van der Waals surface area contributed by atoms with Gasteiger partial charge in [0.15, 0.2) is 0 Å². The summed E-state index contributed by atoms with van der Waals surface area (Å²) in [7, 11) is 0.289. The summed E-state index contributed by atoms with van der Waals surface area (Å²) in [6.45, 7) is 1.18. The highest BCUT2D eigenvalue weighted by atomic mass is 32.2. The molecule has 1 rings (SSSR count). The van der Waals surface area contributed by atoms with Crippen molar-refractivity contribution in [2.75, 3.05) is 26.4 Å². The molecule has 0 aliphatic rings. The Hall–Kier alpha value is -0.980. The van der Waals surface area contributed by atoms with Crippen molar-refractivity contribution in [3.63, 3.8) is 0 Å². The van der Waals surface area contributed by atoms with E-state index in [0.29, 0.717) is 13.0 Å². The standard InChI is InChI=1S/C12H21N3O2S/c1-13-8-5-6-10-18(16,17)15(2)11-12-7-3-4-9-14-12/h3-4,7,9,13H,5-6,8,10-11H2,1-2H3. The molecule has 0 atom stereocenters. The fraction of sp³-hybridized carbons (Fsp3) is 0.583. The second-order valence-electron chi connectivity index (χ2n) is 4.20. The zero-order valence-electron chi connectivity index (χ0n) is 11.0. The lowest BCUT2D eigenvalue weighted by Gasteiger charge is -2.16. The molecule has 0 saturated carbocycles. The van der Waals surface area contributed by atoms with E-state index in [-0.39, 0.29) is 5.75 Å². The minimum Gasteiger partial charge on any atom is -0.320 e. The number of sulfonamides is 1. The summed E-state index contributed by atoms with van der Waals surface area (Å²) >= 11 is 0. The number of rotatable bonds is 8. The third-order valence-corrected chi connectivity index (χ3v) is 4.55. The van der Waals surface area contributed by atoms with Crippen molar-refractivity contribution in [1.82, 2.24) is 14.6 Å². The Balaban J connectivity index is 2.46. The van der Waals surface area contributed by atoms with Crippen molar-refractivity contribution >= 4 is 10.0 Å². The first-order valence-corrected chi connectivity index (χ1v) is 7.65. The van der Waals surface area contributed by atoms with Gasteiger partial charge in [0.05, 0.1) is 18.0 Å². The number of aromatic nitrogens is 1. The molecule has 1 aromatic rings. The van der Waals surface area contributed by atoms with Crippen LogP contribution in [0.4, 0.5) is 0 Å². The predicted octanol–water partition coefficient (Wildman–Crippen LogP) is 0.843. The molecule has 0 bridgehead atoms. The van der Waals surface area contributed by atoms with E-state index in [2.05, 4.69) is 10.3 Å². The fourth-order valence-electron chi connectivity index (χ4n) is 1.56. The molecular weight excluding hydrogens is 250 g/mol. The van der Waals surface area contributed by atoms with Crippen LogP contribution in [0.1, 0.15) is 18.5 Å².